The van der Waals surface area contributed by atoms with Crippen molar-refractivity contribution in [1.82, 2.24) is 0 Å². The second kappa shape index (κ2) is 11.0. The van der Waals surface area contributed by atoms with Crippen molar-refractivity contribution in [3.63, 3.8) is 0 Å². The van der Waals surface area contributed by atoms with Crippen molar-refractivity contribution in [3.05, 3.63) is 0 Å². The highest BCUT2D eigenvalue weighted by Gasteiger charge is 2.41. The number of hydrogen-bond donors (Lipinski definition) is 3. The first-order valence-electron chi connectivity index (χ1n) is 7.85. The molecule has 1 aliphatic carbocycles. The molecule has 0 saturated heterocycles. The maximum absolute atomic E-state index is 12.0. The molecule has 0 radical (unpaired) electrons. The van der Waals surface area contributed by atoms with Crippen molar-refractivity contribution in [2.45, 2.75) is 19.3 Å². The highest BCUT2D eigenvalue weighted by molar-refractivity contribution is 5.80. The van der Waals surface area contributed by atoms with Crippen molar-refractivity contribution in [2.24, 2.45) is 17.8 Å². The van der Waals surface area contributed by atoms with E-state index in [4.69, 9.17) is 29.5 Å². The molecule has 138 valence electrons. The molecule has 0 aliphatic heterocycles. The number of aliphatic hydroxyl groups excluding tert-OH is 3. The summed E-state index contributed by atoms with van der Waals surface area (Å²) in [5.41, 5.74) is 0. The molecule has 0 unspecified atom stereocenters. The van der Waals surface area contributed by atoms with Crippen LogP contribution in [0.25, 0.3) is 0 Å². The molecule has 24 heavy (non-hydrogen) atoms. The van der Waals surface area contributed by atoms with Gasteiger partial charge in [0.05, 0.1) is 37.6 Å². The Morgan fingerprint density at radius 3 is 1.08 bits per heavy atom. The van der Waals surface area contributed by atoms with Gasteiger partial charge in [-0.25, -0.2) is 0 Å². The first-order chi connectivity index (χ1) is 11.5. The summed E-state index contributed by atoms with van der Waals surface area (Å²) in [6.07, 6.45) is 0.495. The third-order valence-corrected chi connectivity index (χ3v) is 3.71. The Hall–Kier alpha value is -1.71. The summed E-state index contributed by atoms with van der Waals surface area (Å²) < 4.78 is 14.6. The van der Waals surface area contributed by atoms with Crippen molar-refractivity contribution in [2.75, 3.05) is 39.6 Å². The number of esters is 3. The molecule has 3 N–H and O–H groups in total. The van der Waals surface area contributed by atoms with Gasteiger partial charge in [-0.05, 0) is 19.3 Å². The van der Waals surface area contributed by atoms with Gasteiger partial charge in [0, 0.05) is 0 Å². The van der Waals surface area contributed by atoms with E-state index in [1.807, 2.05) is 0 Å². The average molecular weight is 348 g/mol. The largest absolute Gasteiger partial charge is 0.463 e. The van der Waals surface area contributed by atoms with E-state index < -0.39 is 35.7 Å². The summed E-state index contributed by atoms with van der Waals surface area (Å²) in [6, 6.07) is 0. The molecule has 0 bridgehead atoms. The fourth-order valence-electron chi connectivity index (χ4n) is 2.69. The van der Waals surface area contributed by atoms with E-state index in [9.17, 15) is 14.4 Å². The van der Waals surface area contributed by atoms with Gasteiger partial charge in [-0.3, -0.25) is 14.4 Å². The van der Waals surface area contributed by atoms with Crippen molar-refractivity contribution >= 4 is 17.9 Å². The monoisotopic (exact) mass is 348 g/mol. The summed E-state index contributed by atoms with van der Waals surface area (Å²) in [6.45, 7) is -1.43. The maximum Gasteiger partial charge on any atom is 0.309 e. The Morgan fingerprint density at radius 1 is 0.625 bits per heavy atom. The Balaban J connectivity index is 2.75. The number of aliphatic hydroxyl groups is 3. The molecule has 0 aromatic rings. The van der Waals surface area contributed by atoms with E-state index >= 15 is 0 Å². The van der Waals surface area contributed by atoms with E-state index in [0.717, 1.165) is 0 Å². The van der Waals surface area contributed by atoms with Crippen LogP contribution in [-0.4, -0.2) is 72.9 Å². The standard InChI is InChI=1S/C15H24O9/c16-1-4-22-13(19)10-7-11(14(20)23-5-2-17)9-12(8-10)15(21)24-6-3-18/h10-12,16-18H,1-9H2. The van der Waals surface area contributed by atoms with E-state index in [1.165, 1.54) is 0 Å². The molecular formula is C15H24O9. The minimum Gasteiger partial charge on any atom is -0.463 e. The number of carbonyl (C=O) groups is 3. The molecular weight excluding hydrogens is 324 g/mol. The van der Waals surface area contributed by atoms with Crippen molar-refractivity contribution < 1.29 is 43.9 Å². The lowest BCUT2D eigenvalue weighted by atomic mass is 9.75. The van der Waals surface area contributed by atoms with Gasteiger partial charge >= 0.3 is 17.9 Å². The van der Waals surface area contributed by atoms with E-state index in [-0.39, 0.29) is 58.9 Å². The molecule has 1 rings (SSSR count). The van der Waals surface area contributed by atoms with Gasteiger partial charge in [-0.1, -0.05) is 0 Å². The van der Waals surface area contributed by atoms with Crippen LogP contribution in [0.15, 0.2) is 0 Å². The number of hydrogen-bond acceptors (Lipinski definition) is 9. The van der Waals surface area contributed by atoms with Gasteiger partial charge in [-0.15, -0.1) is 0 Å². The highest BCUT2D eigenvalue weighted by Crippen LogP contribution is 2.35. The summed E-state index contributed by atoms with van der Waals surface area (Å²) in [5, 5.41) is 26.1. The minimum atomic E-state index is -0.691. The lowest BCUT2D eigenvalue weighted by Gasteiger charge is -2.31. The van der Waals surface area contributed by atoms with Gasteiger partial charge in [0.15, 0.2) is 0 Å². The third-order valence-electron chi connectivity index (χ3n) is 3.71. The van der Waals surface area contributed by atoms with Crippen LogP contribution in [0.5, 0.6) is 0 Å². The molecule has 9 nitrogen and oxygen atoms in total. The summed E-state index contributed by atoms with van der Waals surface area (Å²) in [7, 11) is 0. The summed E-state index contributed by atoms with van der Waals surface area (Å²) >= 11 is 0. The lowest BCUT2D eigenvalue weighted by Crippen LogP contribution is -2.37. The number of ether oxygens (including phenoxy) is 3. The fraction of sp³-hybridized carbons (Fsp3) is 0.800. The number of rotatable bonds is 9. The molecule has 1 aliphatic rings. The first-order valence-corrected chi connectivity index (χ1v) is 7.85. The number of carbonyl (C=O) groups excluding carboxylic acids is 3. The Kier molecular flexibility index (Phi) is 9.28. The van der Waals surface area contributed by atoms with E-state index in [0.29, 0.717) is 0 Å². The molecule has 0 aromatic carbocycles. The van der Waals surface area contributed by atoms with Gasteiger partial charge in [0.1, 0.15) is 19.8 Å². The van der Waals surface area contributed by atoms with E-state index in [2.05, 4.69) is 0 Å². The molecule has 0 spiro atoms. The van der Waals surface area contributed by atoms with Gasteiger partial charge < -0.3 is 29.5 Å². The van der Waals surface area contributed by atoms with E-state index in [1.54, 1.807) is 0 Å². The SMILES string of the molecule is O=C(OCCO)C1CC(C(=O)OCCO)CC(C(=O)OCCO)C1. The zero-order chi connectivity index (χ0) is 17.9. The summed E-state index contributed by atoms with van der Waals surface area (Å²) in [5.74, 6) is -3.85. The second-order valence-corrected chi connectivity index (χ2v) is 5.47. The van der Waals surface area contributed by atoms with Crippen molar-refractivity contribution in [3.8, 4) is 0 Å². The molecule has 0 heterocycles. The summed E-state index contributed by atoms with van der Waals surface area (Å²) in [4.78, 5) is 36.0. The van der Waals surface area contributed by atoms with Crippen LogP contribution >= 0.6 is 0 Å². The zero-order valence-corrected chi connectivity index (χ0v) is 13.4. The predicted octanol–water partition coefficient (Wildman–Crippen LogP) is -1.37. The normalized spacial score (nSPS) is 23.4. The fourth-order valence-corrected chi connectivity index (χ4v) is 2.69. The van der Waals surface area contributed by atoms with Crippen LogP contribution in [0.2, 0.25) is 0 Å². The molecule has 1 fully saturated rings. The molecule has 0 atom stereocenters. The smallest absolute Gasteiger partial charge is 0.309 e. The predicted molar refractivity (Wildman–Crippen MR) is 78.5 cm³/mol. The lowest BCUT2D eigenvalue weighted by molar-refractivity contribution is -0.162. The Labute approximate surface area is 139 Å². The maximum atomic E-state index is 12.0. The van der Waals surface area contributed by atoms with Crippen LogP contribution in [0, 0.1) is 17.8 Å². The highest BCUT2D eigenvalue weighted by atomic mass is 16.5. The minimum absolute atomic E-state index is 0.158. The topological polar surface area (TPSA) is 140 Å². The first kappa shape index (κ1) is 20.3. The Bertz CT molecular complexity index is 355. The quantitative estimate of drug-likeness (QED) is 0.340. The van der Waals surface area contributed by atoms with Crippen molar-refractivity contribution in [1.29, 1.82) is 0 Å². The van der Waals surface area contributed by atoms with Crippen LogP contribution in [0.4, 0.5) is 0 Å². The second-order valence-electron chi connectivity index (χ2n) is 5.47. The third kappa shape index (κ3) is 6.42. The molecule has 9 heteroatoms. The van der Waals surface area contributed by atoms with Crippen LogP contribution in [-0.2, 0) is 28.6 Å². The Morgan fingerprint density at radius 2 is 0.875 bits per heavy atom. The van der Waals surface area contributed by atoms with Crippen LogP contribution in [0.1, 0.15) is 19.3 Å². The molecule has 0 aromatic heterocycles. The van der Waals surface area contributed by atoms with Crippen LogP contribution < -0.4 is 0 Å². The molecule has 0 amide bonds. The molecule has 1 saturated carbocycles. The zero-order valence-electron chi connectivity index (χ0n) is 13.4. The average Bonchev–Trinajstić information content (AvgIpc) is 2.61. The van der Waals surface area contributed by atoms with Gasteiger partial charge in [0.25, 0.3) is 0 Å². The van der Waals surface area contributed by atoms with Gasteiger partial charge in [-0.2, -0.15) is 0 Å². The van der Waals surface area contributed by atoms with Crippen LogP contribution in [0.3, 0.4) is 0 Å². The van der Waals surface area contributed by atoms with Gasteiger partial charge in [0.2, 0.25) is 0 Å².